The van der Waals surface area contributed by atoms with E-state index < -0.39 is 15.9 Å². The smallest absolute Gasteiger partial charge is 0.254 e. The van der Waals surface area contributed by atoms with E-state index in [0.29, 0.717) is 33.0 Å². The summed E-state index contributed by atoms with van der Waals surface area (Å²) in [5.74, 6) is -0.0566. The van der Waals surface area contributed by atoms with Crippen LogP contribution in [0.5, 0.6) is 0 Å². The minimum Gasteiger partial charge on any atom is -0.342 e. The maximum absolute atomic E-state index is 13.1. The molecule has 8 nitrogen and oxygen atoms in total. The highest BCUT2D eigenvalue weighted by molar-refractivity contribution is 7.90. The molecule has 1 aromatic heterocycles. The normalized spacial score (nSPS) is 15.0. The van der Waals surface area contributed by atoms with Crippen LogP contribution < -0.4 is 5.32 Å². The maximum Gasteiger partial charge on any atom is 0.254 e. The maximum atomic E-state index is 13.1. The Labute approximate surface area is 203 Å². The van der Waals surface area contributed by atoms with Crippen LogP contribution in [-0.2, 0) is 9.84 Å². The van der Waals surface area contributed by atoms with E-state index in [1.54, 1.807) is 36.4 Å². The van der Waals surface area contributed by atoms with E-state index in [1.807, 2.05) is 11.8 Å². The lowest BCUT2D eigenvalue weighted by molar-refractivity contribution is 0.0791. The minimum absolute atomic E-state index is 0.0195. The van der Waals surface area contributed by atoms with Gasteiger partial charge in [-0.15, -0.1) is 0 Å². The van der Waals surface area contributed by atoms with E-state index >= 15 is 0 Å². The standard InChI is InChI=1S/C24H27ClN4O4S/c1-15-13-16(5-7-18(15)24(31)29-10-3-4-11-29)23(30)28-20(9-12-34(2,32)33)22-26-19-8-6-17(25)14-21(19)27-22/h5-8,13-14,20H,3-4,9-12H2,1-2H3,(H,26,27)(H,28,30)/t20-/m0/s1. The molecule has 0 spiro atoms. The average Bonchev–Trinajstić information content (AvgIpc) is 3.45. The lowest BCUT2D eigenvalue weighted by atomic mass is 10.0. The summed E-state index contributed by atoms with van der Waals surface area (Å²) in [5, 5.41) is 3.44. The van der Waals surface area contributed by atoms with Crippen LogP contribution in [0.2, 0.25) is 5.02 Å². The third kappa shape index (κ3) is 5.59. The summed E-state index contributed by atoms with van der Waals surface area (Å²) in [6.07, 6.45) is 3.33. The lowest BCUT2D eigenvalue weighted by Gasteiger charge is -2.18. The second-order valence-electron chi connectivity index (χ2n) is 8.76. The second-order valence-corrected chi connectivity index (χ2v) is 11.5. The number of likely N-dealkylation sites (tertiary alicyclic amines) is 1. The van der Waals surface area contributed by atoms with E-state index in [0.717, 1.165) is 37.8 Å². The van der Waals surface area contributed by atoms with E-state index in [1.165, 1.54) is 0 Å². The molecular formula is C24H27ClN4O4S. The van der Waals surface area contributed by atoms with Crippen LogP contribution in [0, 0.1) is 6.92 Å². The number of sulfone groups is 1. The summed E-state index contributed by atoms with van der Waals surface area (Å²) in [6, 6.07) is 9.53. The van der Waals surface area contributed by atoms with Crippen LogP contribution >= 0.6 is 11.6 Å². The predicted molar refractivity (Wildman–Crippen MR) is 132 cm³/mol. The number of rotatable bonds is 7. The molecule has 3 aromatic rings. The first-order valence-corrected chi connectivity index (χ1v) is 13.6. The number of aromatic nitrogens is 2. The zero-order valence-electron chi connectivity index (χ0n) is 19.1. The molecule has 1 saturated heterocycles. The fourth-order valence-electron chi connectivity index (χ4n) is 4.15. The molecule has 34 heavy (non-hydrogen) atoms. The van der Waals surface area contributed by atoms with Crippen molar-refractivity contribution in [2.75, 3.05) is 25.1 Å². The first-order valence-electron chi connectivity index (χ1n) is 11.1. The minimum atomic E-state index is -3.25. The van der Waals surface area contributed by atoms with E-state index in [2.05, 4.69) is 15.3 Å². The van der Waals surface area contributed by atoms with Gasteiger partial charge in [-0.05, 0) is 68.1 Å². The molecule has 4 rings (SSSR count). The number of aryl methyl sites for hydroxylation is 1. The van der Waals surface area contributed by atoms with Crippen LogP contribution in [0.3, 0.4) is 0 Å². The number of benzene rings is 2. The van der Waals surface area contributed by atoms with Crippen LogP contribution in [0.25, 0.3) is 11.0 Å². The van der Waals surface area contributed by atoms with Gasteiger partial charge in [0.1, 0.15) is 15.7 Å². The Bertz CT molecular complexity index is 1350. The molecule has 1 aliphatic heterocycles. The Balaban J connectivity index is 1.57. The molecule has 2 N–H and O–H groups in total. The fourth-order valence-corrected chi connectivity index (χ4v) is 4.99. The first kappa shape index (κ1) is 24.2. The molecule has 1 aliphatic rings. The van der Waals surface area contributed by atoms with Crippen molar-refractivity contribution in [2.24, 2.45) is 0 Å². The molecule has 0 unspecified atom stereocenters. The number of hydrogen-bond acceptors (Lipinski definition) is 5. The SMILES string of the molecule is Cc1cc(C(=O)N[C@@H](CCS(C)(=O)=O)c2nc3ccc(Cl)cc3[nH]2)ccc1C(=O)N1CCCC1. The molecule has 0 radical (unpaired) electrons. The molecule has 2 heterocycles. The van der Waals surface area contributed by atoms with Gasteiger partial charge in [0.25, 0.3) is 11.8 Å². The van der Waals surface area contributed by atoms with E-state index in [-0.39, 0.29) is 24.0 Å². The lowest BCUT2D eigenvalue weighted by Crippen LogP contribution is -2.31. The van der Waals surface area contributed by atoms with Gasteiger partial charge in [0.05, 0.1) is 22.8 Å². The van der Waals surface area contributed by atoms with E-state index in [4.69, 9.17) is 11.6 Å². The molecule has 2 aromatic carbocycles. The third-order valence-corrected chi connectivity index (χ3v) is 7.20. The third-order valence-electron chi connectivity index (χ3n) is 5.99. The largest absolute Gasteiger partial charge is 0.342 e. The van der Waals surface area contributed by atoms with Gasteiger partial charge in [0, 0.05) is 35.5 Å². The number of imidazole rings is 1. The van der Waals surface area contributed by atoms with Crippen molar-refractivity contribution >= 4 is 44.3 Å². The molecule has 10 heteroatoms. The van der Waals surface area contributed by atoms with Crippen molar-refractivity contribution < 1.29 is 18.0 Å². The average molecular weight is 503 g/mol. The number of nitrogens with one attached hydrogen (secondary N) is 2. The molecule has 0 aliphatic carbocycles. The number of fused-ring (bicyclic) bond motifs is 1. The van der Waals surface area contributed by atoms with Crippen LogP contribution in [-0.4, -0.2) is 60.2 Å². The monoisotopic (exact) mass is 502 g/mol. The number of amides is 2. The van der Waals surface area contributed by atoms with Crippen molar-refractivity contribution in [1.82, 2.24) is 20.2 Å². The van der Waals surface area contributed by atoms with Crippen LogP contribution in [0.15, 0.2) is 36.4 Å². The van der Waals surface area contributed by atoms with Gasteiger partial charge in [0.15, 0.2) is 0 Å². The molecular weight excluding hydrogens is 476 g/mol. The van der Waals surface area contributed by atoms with Gasteiger partial charge in [-0.1, -0.05) is 11.6 Å². The zero-order valence-corrected chi connectivity index (χ0v) is 20.7. The van der Waals surface area contributed by atoms with Gasteiger partial charge in [-0.25, -0.2) is 13.4 Å². The molecule has 1 fully saturated rings. The summed E-state index contributed by atoms with van der Waals surface area (Å²) in [6.45, 7) is 3.32. The van der Waals surface area contributed by atoms with Crippen LogP contribution in [0.1, 0.15) is 57.4 Å². The Morgan fingerprint density at radius 3 is 2.59 bits per heavy atom. The van der Waals surface area contributed by atoms with Gasteiger partial charge < -0.3 is 15.2 Å². The summed E-state index contributed by atoms with van der Waals surface area (Å²) < 4.78 is 23.6. The fraction of sp³-hybridized carbons (Fsp3) is 0.375. The number of aromatic amines is 1. The van der Waals surface area contributed by atoms with Crippen molar-refractivity contribution in [1.29, 1.82) is 0 Å². The molecule has 2 amide bonds. The number of carbonyl (C=O) groups excluding carboxylic acids is 2. The van der Waals surface area contributed by atoms with Gasteiger partial charge >= 0.3 is 0 Å². The van der Waals surface area contributed by atoms with Crippen molar-refractivity contribution in [3.63, 3.8) is 0 Å². The topological polar surface area (TPSA) is 112 Å². The van der Waals surface area contributed by atoms with Gasteiger partial charge in [0.2, 0.25) is 0 Å². The highest BCUT2D eigenvalue weighted by Gasteiger charge is 2.24. The Kier molecular flexibility index (Phi) is 6.95. The number of H-pyrrole nitrogens is 1. The Hall–Kier alpha value is -2.91. The Morgan fingerprint density at radius 2 is 1.91 bits per heavy atom. The van der Waals surface area contributed by atoms with Crippen molar-refractivity contribution in [3.8, 4) is 0 Å². The highest BCUT2D eigenvalue weighted by atomic mass is 35.5. The number of hydrogen-bond donors (Lipinski definition) is 2. The van der Waals surface area contributed by atoms with Gasteiger partial charge in [-0.3, -0.25) is 9.59 Å². The van der Waals surface area contributed by atoms with E-state index in [9.17, 15) is 18.0 Å². The Morgan fingerprint density at radius 1 is 1.18 bits per heavy atom. The predicted octanol–water partition coefficient (Wildman–Crippen LogP) is 3.67. The number of halogens is 1. The summed E-state index contributed by atoms with van der Waals surface area (Å²) in [7, 11) is -3.25. The quantitative estimate of drug-likeness (QED) is 0.512. The molecule has 1 atom stereocenters. The van der Waals surface area contributed by atoms with Crippen molar-refractivity contribution in [2.45, 2.75) is 32.2 Å². The summed E-state index contributed by atoms with van der Waals surface area (Å²) in [5.41, 5.74) is 3.05. The van der Waals surface area contributed by atoms with Crippen LogP contribution in [0.4, 0.5) is 0 Å². The molecule has 0 bridgehead atoms. The summed E-state index contributed by atoms with van der Waals surface area (Å²) >= 11 is 6.06. The first-order chi connectivity index (χ1) is 16.1. The summed E-state index contributed by atoms with van der Waals surface area (Å²) in [4.78, 5) is 35.3. The molecule has 0 saturated carbocycles. The second kappa shape index (κ2) is 9.76. The number of carbonyl (C=O) groups is 2. The zero-order chi connectivity index (χ0) is 24.5. The number of nitrogens with zero attached hydrogens (tertiary/aromatic N) is 2. The molecule has 180 valence electrons. The van der Waals surface area contributed by atoms with Crippen molar-refractivity contribution in [3.05, 3.63) is 63.9 Å². The van der Waals surface area contributed by atoms with Gasteiger partial charge in [-0.2, -0.15) is 0 Å². The highest BCUT2D eigenvalue weighted by Crippen LogP contribution is 2.23.